The number of rotatable bonds is 4. The highest BCUT2D eigenvalue weighted by atomic mass is 35.5. The van der Waals surface area contributed by atoms with E-state index in [-0.39, 0.29) is 22.8 Å². The lowest BCUT2D eigenvalue weighted by atomic mass is 10.1. The number of carbonyl (C=O) groups is 2. The van der Waals surface area contributed by atoms with E-state index < -0.39 is 17.6 Å². The van der Waals surface area contributed by atoms with Crippen LogP contribution in [0.2, 0.25) is 5.02 Å². The first kappa shape index (κ1) is 12.6. The third-order valence-corrected chi connectivity index (χ3v) is 2.22. The van der Waals surface area contributed by atoms with Crippen LogP contribution in [0, 0.1) is 5.82 Å². The molecule has 0 unspecified atom stereocenters. The number of ketones is 1. The molecule has 0 amide bonds. The summed E-state index contributed by atoms with van der Waals surface area (Å²) in [5, 5.41) is 8.41. The zero-order valence-corrected chi connectivity index (χ0v) is 9.05. The smallest absolute Gasteiger partial charge is 0.377 e. The van der Waals surface area contributed by atoms with Gasteiger partial charge in [0, 0.05) is 23.3 Å². The van der Waals surface area contributed by atoms with Gasteiger partial charge in [0.25, 0.3) is 5.78 Å². The van der Waals surface area contributed by atoms with Crippen molar-refractivity contribution in [2.75, 3.05) is 7.11 Å². The molecule has 1 rings (SSSR count). The zero-order valence-electron chi connectivity index (χ0n) is 8.29. The molecule has 0 aliphatic carbocycles. The van der Waals surface area contributed by atoms with Crippen LogP contribution in [0.25, 0.3) is 0 Å². The summed E-state index contributed by atoms with van der Waals surface area (Å²) in [4.78, 5) is 21.5. The second-order valence-corrected chi connectivity index (χ2v) is 3.39. The third kappa shape index (κ3) is 2.56. The van der Waals surface area contributed by atoms with Gasteiger partial charge in [0.1, 0.15) is 5.82 Å². The fourth-order valence-electron chi connectivity index (χ4n) is 1.14. The predicted octanol–water partition coefficient (Wildman–Crippen LogP) is 1.89. The summed E-state index contributed by atoms with van der Waals surface area (Å²) in [6.07, 6.45) is 0. The van der Waals surface area contributed by atoms with E-state index in [0.717, 1.165) is 12.1 Å². The molecule has 86 valence electrons. The molecule has 0 aliphatic heterocycles. The maximum atomic E-state index is 13.4. The minimum absolute atomic E-state index is 0.0357. The van der Waals surface area contributed by atoms with Crippen molar-refractivity contribution in [1.82, 2.24) is 0 Å². The van der Waals surface area contributed by atoms with Crippen LogP contribution in [-0.4, -0.2) is 24.0 Å². The molecule has 0 radical (unpaired) electrons. The van der Waals surface area contributed by atoms with E-state index in [2.05, 4.69) is 0 Å². The highest BCUT2D eigenvalue weighted by Crippen LogP contribution is 2.22. The Morgan fingerprint density at radius 2 is 2.12 bits per heavy atom. The molecule has 0 spiro atoms. The van der Waals surface area contributed by atoms with Crippen molar-refractivity contribution < 1.29 is 23.8 Å². The minimum Gasteiger partial charge on any atom is -0.475 e. The molecule has 0 aliphatic rings. The summed E-state index contributed by atoms with van der Waals surface area (Å²) in [5.74, 6) is -3.63. The summed E-state index contributed by atoms with van der Waals surface area (Å²) in [5.41, 5.74) is -0.207. The Kier molecular flexibility index (Phi) is 3.98. The van der Waals surface area contributed by atoms with Crippen LogP contribution in [0.1, 0.15) is 15.9 Å². The Balaban J connectivity index is 3.19. The van der Waals surface area contributed by atoms with Crippen molar-refractivity contribution in [2.45, 2.75) is 6.61 Å². The van der Waals surface area contributed by atoms with E-state index in [0.29, 0.717) is 0 Å². The van der Waals surface area contributed by atoms with E-state index in [4.69, 9.17) is 21.4 Å². The fourth-order valence-corrected chi connectivity index (χ4v) is 1.40. The summed E-state index contributed by atoms with van der Waals surface area (Å²) in [7, 11) is 1.37. The molecule has 0 aromatic heterocycles. The second kappa shape index (κ2) is 5.05. The fraction of sp³-hybridized carbons (Fsp3) is 0.200. The average molecular weight is 247 g/mol. The molecular weight excluding hydrogens is 239 g/mol. The van der Waals surface area contributed by atoms with Crippen LogP contribution < -0.4 is 0 Å². The SMILES string of the molecule is COCc1c(F)cc(C(=O)C(=O)O)cc1Cl. The third-order valence-electron chi connectivity index (χ3n) is 1.89. The molecular formula is C10H8ClFO4. The van der Waals surface area contributed by atoms with Crippen molar-refractivity contribution in [3.8, 4) is 0 Å². The number of ether oxygens (including phenoxy) is 1. The topological polar surface area (TPSA) is 63.6 Å². The number of aliphatic carboxylic acids is 1. The van der Waals surface area contributed by atoms with Crippen LogP contribution in [0.5, 0.6) is 0 Å². The molecule has 1 N–H and O–H groups in total. The standard InChI is InChI=1S/C10H8ClFO4/c1-16-4-6-7(11)2-5(3-8(6)12)9(13)10(14)15/h2-3H,4H2,1H3,(H,14,15). The lowest BCUT2D eigenvalue weighted by Gasteiger charge is -2.06. The van der Waals surface area contributed by atoms with Gasteiger partial charge in [-0.15, -0.1) is 0 Å². The van der Waals surface area contributed by atoms with Crippen LogP contribution in [0.3, 0.4) is 0 Å². The van der Waals surface area contributed by atoms with E-state index >= 15 is 0 Å². The van der Waals surface area contributed by atoms with Gasteiger partial charge in [-0.25, -0.2) is 9.18 Å². The molecule has 6 heteroatoms. The first-order valence-electron chi connectivity index (χ1n) is 4.21. The molecule has 0 saturated carbocycles. The summed E-state index contributed by atoms with van der Waals surface area (Å²) in [6, 6.07) is 1.94. The van der Waals surface area contributed by atoms with Gasteiger partial charge >= 0.3 is 5.97 Å². The number of hydrogen-bond donors (Lipinski definition) is 1. The number of carbonyl (C=O) groups excluding carboxylic acids is 1. The van der Waals surface area contributed by atoms with Gasteiger partial charge in [-0.05, 0) is 12.1 Å². The maximum Gasteiger partial charge on any atom is 0.377 e. The molecule has 0 saturated heterocycles. The number of Topliss-reactive ketones (excluding diaryl/α,β-unsaturated/α-hetero) is 1. The number of carboxylic acids is 1. The van der Waals surface area contributed by atoms with Crippen molar-refractivity contribution >= 4 is 23.4 Å². The molecule has 0 fully saturated rings. The van der Waals surface area contributed by atoms with E-state index in [1.54, 1.807) is 0 Å². The number of carboxylic acid groups (broad SMARTS) is 1. The Morgan fingerprint density at radius 3 is 2.56 bits per heavy atom. The predicted molar refractivity (Wildman–Crippen MR) is 54.1 cm³/mol. The monoisotopic (exact) mass is 246 g/mol. The van der Waals surface area contributed by atoms with Crippen molar-refractivity contribution in [3.63, 3.8) is 0 Å². The number of methoxy groups -OCH3 is 1. The molecule has 1 aromatic carbocycles. The summed E-state index contributed by atoms with van der Waals surface area (Å²) >= 11 is 5.70. The summed E-state index contributed by atoms with van der Waals surface area (Å²) in [6.45, 7) is -0.0494. The van der Waals surface area contributed by atoms with Gasteiger partial charge < -0.3 is 9.84 Å². The largest absolute Gasteiger partial charge is 0.475 e. The van der Waals surface area contributed by atoms with Gasteiger partial charge in [-0.3, -0.25) is 4.79 Å². The minimum atomic E-state index is -1.66. The first-order chi connectivity index (χ1) is 7.47. The van der Waals surface area contributed by atoms with Gasteiger partial charge in [0.2, 0.25) is 0 Å². The van der Waals surface area contributed by atoms with E-state index in [9.17, 15) is 14.0 Å². The zero-order chi connectivity index (χ0) is 12.3. The molecule has 0 atom stereocenters. The average Bonchev–Trinajstić information content (AvgIpc) is 2.21. The first-order valence-corrected chi connectivity index (χ1v) is 4.59. The summed E-state index contributed by atoms with van der Waals surface area (Å²) < 4.78 is 18.1. The quantitative estimate of drug-likeness (QED) is 0.651. The lowest BCUT2D eigenvalue weighted by Crippen LogP contribution is -2.13. The number of benzene rings is 1. The second-order valence-electron chi connectivity index (χ2n) is 2.99. The highest BCUT2D eigenvalue weighted by molar-refractivity contribution is 6.40. The molecule has 16 heavy (non-hydrogen) atoms. The van der Waals surface area contributed by atoms with E-state index in [1.165, 1.54) is 7.11 Å². The lowest BCUT2D eigenvalue weighted by molar-refractivity contribution is -0.131. The van der Waals surface area contributed by atoms with Gasteiger partial charge in [-0.1, -0.05) is 11.6 Å². The van der Waals surface area contributed by atoms with Gasteiger partial charge in [0.05, 0.1) is 6.61 Å². The van der Waals surface area contributed by atoms with E-state index in [1.807, 2.05) is 0 Å². The Bertz CT molecular complexity index is 421. The van der Waals surface area contributed by atoms with Gasteiger partial charge in [-0.2, -0.15) is 0 Å². The molecule has 0 heterocycles. The molecule has 1 aromatic rings. The van der Waals surface area contributed by atoms with Crippen molar-refractivity contribution in [1.29, 1.82) is 0 Å². The van der Waals surface area contributed by atoms with Crippen LogP contribution in [0.4, 0.5) is 4.39 Å². The molecule has 4 nitrogen and oxygen atoms in total. The van der Waals surface area contributed by atoms with Crippen molar-refractivity contribution in [2.24, 2.45) is 0 Å². The normalized spacial score (nSPS) is 10.2. The Labute approximate surface area is 95.6 Å². The van der Waals surface area contributed by atoms with Crippen LogP contribution >= 0.6 is 11.6 Å². The Hall–Kier alpha value is -1.46. The van der Waals surface area contributed by atoms with Crippen LogP contribution in [-0.2, 0) is 16.1 Å². The van der Waals surface area contributed by atoms with Crippen LogP contribution in [0.15, 0.2) is 12.1 Å². The maximum absolute atomic E-state index is 13.4. The van der Waals surface area contributed by atoms with Crippen molar-refractivity contribution in [3.05, 3.63) is 34.1 Å². The molecule has 0 bridgehead atoms. The van der Waals surface area contributed by atoms with Gasteiger partial charge in [0.15, 0.2) is 0 Å². The highest BCUT2D eigenvalue weighted by Gasteiger charge is 2.18. The number of hydrogen-bond acceptors (Lipinski definition) is 3. The number of halogens is 2. The Morgan fingerprint density at radius 1 is 1.50 bits per heavy atom.